The maximum absolute atomic E-state index is 12.2. The van der Waals surface area contributed by atoms with Gasteiger partial charge < -0.3 is 24.6 Å². The Morgan fingerprint density at radius 2 is 2.00 bits per heavy atom. The lowest BCUT2D eigenvalue weighted by molar-refractivity contribution is -0.137. The second kappa shape index (κ2) is 7.34. The highest BCUT2D eigenvalue weighted by Crippen LogP contribution is 2.24. The normalized spacial score (nSPS) is 10.1. The average molecular weight is 283 g/mol. The first-order valence-electron chi connectivity index (χ1n) is 5.86. The minimum Gasteiger partial charge on any atom is -0.507 e. The minimum atomic E-state index is -1.14. The predicted octanol–water partition coefficient (Wildman–Crippen LogP) is 0.574. The molecular weight excluding hydrogens is 266 g/mol. The number of carboxylic acids is 1. The molecule has 0 aliphatic heterocycles. The van der Waals surface area contributed by atoms with Crippen LogP contribution in [0.2, 0.25) is 0 Å². The van der Waals surface area contributed by atoms with E-state index in [4.69, 9.17) is 14.6 Å². The fourth-order valence-corrected chi connectivity index (χ4v) is 1.61. The average Bonchev–Trinajstić information content (AvgIpc) is 2.42. The van der Waals surface area contributed by atoms with Crippen LogP contribution in [0.15, 0.2) is 18.2 Å². The molecule has 0 bridgehead atoms. The van der Waals surface area contributed by atoms with E-state index in [1.165, 1.54) is 32.4 Å². The van der Waals surface area contributed by atoms with Crippen molar-refractivity contribution in [2.45, 2.75) is 0 Å². The van der Waals surface area contributed by atoms with Crippen molar-refractivity contribution >= 4 is 11.9 Å². The second-order valence-corrected chi connectivity index (χ2v) is 4.00. The van der Waals surface area contributed by atoms with Crippen molar-refractivity contribution in [1.82, 2.24) is 4.90 Å². The third-order valence-electron chi connectivity index (χ3n) is 2.61. The summed E-state index contributed by atoms with van der Waals surface area (Å²) in [5, 5.41) is 18.6. The maximum atomic E-state index is 12.2. The van der Waals surface area contributed by atoms with Gasteiger partial charge >= 0.3 is 5.97 Å². The van der Waals surface area contributed by atoms with Crippen molar-refractivity contribution in [2.24, 2.45) is 0 Å². The first-order chi connectivity index (χ1) is 9.49. The zero-order chi connectivity index (χ0) is 15.1. The van der Waals surface area contributed by atoms with Gasteiger partial charge in [0.25, 0.3) is 5.91 Å². The van der Waals surface area contributed by atoms with Gasteiger partial charge in [-0.2, -0.15) is 0 Å². The Kier molecular flexibility index (Phi) is 5.79. The Hall–Kier alpha value is -2.28. The molecule has 1 aromatic carbocycles. The van der Waals surface area contributed by atoms with Crippen molar-refractivity contribution in [3.8, 4) is 11.5 Å². The minimum absolute atomic E-state index is 0.0168. The molecule has 0 saturated carbocycles. The number of nitrogens with zero attached hydrogens (tertiary/aromatic N) is 1. The Balaban J connectivity index is 2.95. The van der Waals surface area contributed by atoms with Crippen LogP contribution in [0.1, 0.15) is 10.4 Å². The Labute approximate surface area is 116 Å². The molecule has 0 spiro atoms. The number of carbonyl (C=O) groups excluding carboxylic acids is 1. The number of carbonyl (C=O) groups is 2. The number of carboxylic acid groups (broad SMARTS) is 1. The van der Waals surface area contributed by atoms with Gasteiger partial charge in [-0.05, 0) is 12.1 Å². The number of aliphatic carboxylic acids is 1. The molecular formula is C13H17NO6. The van der Waals surface area contributed by atoms with Gasteiger partial charge in [0, 0.05) is 19.7 Å². The lowest BCUT2D eigenvalue weighted by Gasteiger charge is -2.20. The lowest BCUT2D eigenvalue weighted by atomic mass is 10.1. The summed E-state index contributed by atoms with van der Waals surface area (Å²) in [4.78, 5) is 24.1. The molecule has 110 valence electrons. The third kappa shape index (κ3) is 4.13. The highest BCUT2D eigenvalue weighted by atomic mass is 16.5. The summed E-state index contributed by atoms with van der Waals surface area (Å²) in [6, 6.07) is 4.20. The predicted molar refractivity (Wildman–Crippen MR) is 70.1 cm³/mol. The van der Waals surface area contributed by atoms with E-state index in [0.29, 0.717) is 5.75 Å². The van der Waals surface area contributed by atoms with Crippen molar-refractivity contribution < 1.29 is 29.3 Å². The number of phenols is 1. The molecule has 1 aromatic rings. The van der Waals surface area contributed by atoms with Gasteiger partial charge in [0.1, 0.15) is 18.0 Å². The van der Waals surface area contributed by atoms with Crippen LogP contribution in [0.4, 0.5) is 0 Å². The number of hydrogen-bond acceptors (Lipinski definition) is 5. The molecule has 7 nitrogen and oxygen atoms in total. The summed E-state index contributed by atoms with van der Waals surface area (Å²) in [6.45, 7) is -0.142. The maximum Gasteiger partial charge on any atom is 0.323 e. The SMILES string of the molecule is COCCN(CC(=O)O)C(=O)c1ccc(OC)cc1O. The molecule has 0 aliphatic rings. The van der Waals surface area contributed by atoms with Gasteiger partial charge in [-0.25, -0.2) is 0 Å². The lowest BCUT2D eigenvalue weighted by Crippen LogP contribution is -2.38. The van der Waals surface area contributed by atoms with Crippen LogP contribution in [-0.2, 0) is 9.53 Å². The summed E-state index contributed by atoms with van der Waals surface area (Å²) in [6.07, 6.45) is 0. The smallest absolute Gasteiger partial charge is 0.323 e. The Morgan fingerprint density at radius 3 is 2.50 bits per heavy atom. The van der Waals surface area contributed by atoms with E-state index in [0.717, 1.165) is 4.90 Å². The topological polar surface area (TPSA) is 96.3 Å². The summed E-state index contributed by atoms with van der Waals surface area (Å²) in [5.41, 5.74) is 0.0168. The highest BCUT2D eigenvalue weighted by molar-refractivity contribution is 5.98. The fourth-order valence-electron chi connectivity index (χ4n) is 1.61. The summed E-state index contributed by atoms with van der Waals surface area (Å²) < 4.78 is 9.76. The molecule has 7 heteroatoms. The molecule has 0 saturated heterocycles. The van der Waals surface area contributed by atoms with Crippen LogP contribution in [0.3, 0.4) is 0 Å². The molecule has 0 unspecified atom stereocenters. The molecule has 0 aliphatic carbocycles. The summed E-state index contributed by atoms with van der Waals surface area (Å²) in [7, 11) is 2.89. The number of rotatable bonds is 7. The third-order valence-corrected chi connectivity index (χ3v) is 2.61. The number of aromatic hydroxyl groups is 1. The molecule has 0 fully saturated rings. The van der Waals surface area contributed by atoms with Crippen molar-refractivity contribution in [3.63, 3.8) is 0 Å². The van der Waals surface area contributed by atoms with Gasteiger partial charge in [0.05, 0.1) is 19.3 Å². The van der Waals surface area contributed by atoms with Gasteiger partial charge in [0.2, 0.25) is 0 Å². The number of phenolic OH excluding ortho intramolecular Hbond substituents is 1. The Bertz CT molecular complexity index is 488. The molecule has 0 aromatic heterocycles. The van der Waals surface area contributed by atoms with Crippen LogP contribution in [0, 0.1) is 0 Å². The zero-order valence-corrected chi connectivity index (χ0v) is 11.3. The molecule has 0 heterocycles. The van der Waals surface area contributed by atoms with E-state index < -0.39 is 18.4 Å². The first kappa shape index (κ1) is 15.8. The van der Waals surface area contributed by atoms with Crippen molar-refractivity contribution in [1.29, 1.82) is 0 Å². The molecule has 0 radical (unpaired) electrons. The van der Waals surface area contributed by atoms with Crippen molar-refractivity contribution in [2.75, 3.05) is 33.9 Å². The summed E-state index contributed by atoms with van der Waals surface area (Å²) >= 11 is 0. The van der Waals surface area contributed by atoms with Gasteiger partial charge in [0.15, 0.2) is 0 Å². The number of benzene rings is 1. The molecule has 0 atom stereocenters. The van der Waals surface area contributed by atoms with Gasteiger partial charge in [-0.3, -0.25) is 9.59 Å². The van der Waals surface area contributed by atoms with Crippen LogP contribution < -0.4 is 4.74 Å². The molecule has 2 N–H and O–H groups in total. The van der Waals surface area contributed by atoms with Crippen molar-refractivity contribution in [3.05, 3.63) is 23.8 Å². The summed E-state index contributed by atoms with van der Waals surface area (Å²) in [5.74, 6) is -1.57. The quantitative estimate of drug-likeness (QED) is 0.759. The van der Waals surface area contributed by atoms with Gasteiger partial charge in [-0.1, -0.05) is 0 Å². The van der Waals surface area contributed by atoms with E-state index in [1.54, 1.807) is 0 Å². The fraction of sp³-hybridized carbons (Fsp3) is 0.385. The molecule has 1 amide bonds. The monoisotopic (exact) mass is 283 g/mol. The van der Waals surface area contributed by atoms with E-state index in [2.05, 4.69) is 0 Å². The van der Waals surface area contributed by atoms with Gasteiger partial charge in [-0.15, -0.1) is 0 Å². The van der Waals surface area contributed by atoms with Crippen LogP contribution in [-0.4, -0.2) is 60.9 Å². The van der Waals surface area contributed by atoms with Crippen LogP contribution in [0.25, 0.3) is 0 Å². The number of hydrogen-bond donors (Lipinski definition) is 2. The number of amides is 1. The second-order valence-electron chi connectivity index (χ2n) is 4.00. The van der Waals surface area contributed by atoms with E-state index in [1.807, 2.05) is 0 Å². The van der Waals surface area contributed by atoms with E-state index in [-0.39, 0.29) is 24.5 Å². The molecule has 20 heavy (non-hydrogen) atoms. The zero-order valence-electron chi connectivity index (χ0n) is 11.3. The Morgan fingerprint density at radius 1 is 1.30 bits per heavy atom. The largest absolute Gasteiger partial charge is 0.507 e. The van der Waals surface area contributed by atoms with Crippen LogP contribution in [0.5, 0.6) is 11.5 Å². The first-order valence-corrected chi connectivity index (χ1v) is 5.86. The van der Waals surface area contributed by atoms with E-state index >= 15 is 0 Å². The van der Waals surface area contributed by atoms with Crippen LogP contribution >= 0.6 is 0 Å². The highest BCUT2D eigenvalue weighted by Gasteiger charge is 2.21. The standard InChI is InChI=1S/C13H17NO6/c1-19-6-5-14(8-12(16)17)13(18)10-4-3-9(20-2)7-11(10)15/h3-4,7,15H,5-6,8H2,1-2H3,(H,16,17). The van der Waals surface area contributed by atoms with E-state index in [9.17, 15) is 14.7 Å². The molecule has 1 rings (SSSR count). The number of ether oxygens (including phenoxy) is 2. The number of methoxy groups -OCH3 is 2.